The number of nitrogens with one attached hydrogen (secondary N) is 1. The summed E-state index contributed by atoms with van der Waals surface area (Å²) in [6.07, 6.45) is 1.59. The smallest absolute Gasteiger partial charge is 0.126 e. The largest absolute Gasteiger partial charge is 0.347 e. The highest BCUT2D eigenvalue weighted by atomic mass is 19.1. The monoisotopic (exact) mass is 205 g/mol. The highest BCUT2D eigenvalue weighted by Gasteiger charge is 2.08. The molecular weight excluding hydrogens is 193 g/mol. The van der Waals surface area contributed by atoms with Crippen molar-refractivity contribution < 1.29 is 4.39 Å². The van der Waals surface area contributed by atoms with E-state index in [1.165, 1.54) is 6.07 Å². The van der Waals surface area contributed by atoms with Crippen LogP contribution in [0.4, 0.5) is 4.39 Å². The van der Waals surface area contributed by atoms with E-state index < -0.39 is 0 Å². The molecule has 1 heterocycles. The molecule has 0 fully saturated rings. The Hall–Kier alpha value is -1.68. The molecule has 0 aliphatic heterocycles. The van der Waals surface area contributed by atoms with E-state index in [1.807, 2.05) is 0 Å². The average molecular weight is 205 g/mol. The minimum atomic E-state index is -0.205. The van der Waals surface area contributed by atoms with Gasteiger partial charge in [-0.2, -0.15) is 0 Å². The van der Waals surface area contributed by atoms with Crippen LogP contribution >= 0.6 is 0 Å². The van der Waals surface area contributed by atoms with Gasteiger partial charge in [-0.15, -0.1) is 0 Å². The minimum Gasteiger partial charge on any atom is -0.347 e. The first-order valence-electron chi connectivity index (χ1n) is 4.71. The maximum Gasteiger partial charge on any atom is 0.126 e. The number of aryl methyl sites for hydroxylation is 1. The van der Waals surface area contributed by atoms with Crippen molar-refractivity contribution in [1.29, 1.82) is 0 Å². The summed E-state index contributed by atoms with van der Waals surface area (Å²) >= 11 is 0. The molecule has 0 unspecified atom stereocenters. The molecule has 0 spiro atoms. The van der Waals surface area contributed by atoms with Crippen molar-refractivity contribution in [3.05, 3.63) is 41.6 Å². The third-order valence-electron chi connectivity index (χ3n) is 2.35. The van der Waals surface area contributed by atoms with Gasteiger partial charge in [-0.1, -0.05) is 0 Å². The molecule has 1 aromatic carbocycles. The van der Waals surface area contributed by atoms with Crippen molar-refractivity contribution in [2.24, 2.45) is 5.73 Å². The van der Waals surface area contributed by atoms with Crippen molar-refractivity contribution in [2.75, 3.05) is 0 Å². The third-order valence-corrected chi connectivity index (χ3v) is 2.35. The van der Waals surface area contributed by atoms with E-state index >= 15 is 0 Å². The maximum atomic E-state index is 13.1. The zero-order valence-corrected chi connectivity index (χ0v) is 8.42. The van der Waals surface area contributed by atoms with Gasteiger partial charge in [-0.3, -0.25) is 0 Å². The van der Waals surface area contributed by atoms with E-state index in [2.05, 4.69) is 9.97 Å². The van der Waals surface area contributed by atoms with Gasteiger partial charge in [0.1, 0.15) is 5.82 Å². The fourth-order valence-electron chi connectivity index (χ4n) is 1.52. The lowest BCUT2D eigenvalue weighted by Gasteiger charge is -2.02. The van der Waals surface area contributed by atoms with Gasteiger partial charge in [-0.25, -0.2) is 9.37 Å². The number of aromatic nitrogens is 2. The molecule has 3 nitrogen and oxygen atoms in total. The summed E-state index contributed by atoms with van der Waals surface area (Å²) in [5.74, 6) is -0.205. The Bertz CT molecular complexity index is 476. The molecule has 78 valence electrons. The molecule has 1 aromatic heterocycles. The standard InChI is InChI=1S/C11H12FN3/c1-7-4-8(2-3-9(7)12)11-10(5-13)14-6-15-11/h2-4,6H,5,13H2,1H3,(H,14,15). The van der Waals surface area contributed by atoms with Crippen LogP contribution in [0.2, 0.25) is 0 Å². The molecule has 0 aliphatic rings. The van der Waals surface area contributed by atoms with E-state index in [0.717, 1.165) is 17.0 Å². The number of imidazole rings is 1. The summed E-state index contributed by atoms with van der Waals surface area (Å²) in [6, 6.07) is 4.92. The lowest BCUT2D eigenvalue weighted by molar-refractivity contribution is 0.618. The van der Waals surface area contributed by atoms with E-state index in [4.69, 9.17) is 5.73 Å². The van der Waals surface area contributed by atoms with Crippen molar-refractivity contribution in [3.63, 3.8) is 0 Å². The Labute approximate surface area is 87.2 Å². The zero-order chi connectivity index (χ0) is 10.8. The molecule has 0 saturated carbocycles. The Morgan fingerprint density at radius 1 is 1.47 bits per heavy atom. The van der Waals surface area contributed by atoms with Crippen LogP contribution in [0, 0.1) is 12.7 Å². The average Bonchev–Trinajstić information content (AvgIpc) is 2.70. The second-order valence-electron chi connectivity index (χ2n) is 3.40. The lowest BCUT2D eigenvalue weighted by atomic mass is 10.1. The molecule has 3 N–H and O–H groups in total. The molecular formula is C11H12FN3. The quantitative estimate of drug-likeness (QED) is 0.787. The molecule has 0 amide bonds. The predicted molar refractivity (Wildman–Crippen MR) is 56.6 cm³/mol. The first kappa shape index (κ1) is 9.86. The summed E-state index contributed by atoms with van der Waals surface area (Å²) in [4.78, 5) is 7.13. The van der Waals surface area contributed by atoms with Gasteiger partial charge in [0.25, 0.3) is 0 Å². The Kier molecular flexibility index (Phi) is 2.51. The molecule has 0 aliphatic carbocycles. The third kappa shape index (κ3) is 1.76. The van der Waals surface area contributed by atoms with Gasteiger partial charge in [0.05, 0.1) is 17.7 Å². The molecule has 15 heavy (non-hydrogen) atoms. The van der Waals surface area contributed by atoms with Crippen LogP contribution in [0.5, 0.6) is 0 Å². The second kappa shape index (κ2) is 3.82. The van der Waals surface area contributed by atoms with Crippen molar-refractivity contribution in [3.8, 4) is 11.3 Å². The van der Waals surface area contributed by atoms with Gasteiger partial charge in [0, 0.05) is 12.1 Å². The van der Waals surface area contributed by atoms with Gasteiger partial charge in [0.2, 0.25) is 0 Å². The highest BCUT2D eigenvalue weighted by Crippen LogP contribution is 2.22. The Morgan fingerprint density at radius 2 is 2.27 bits per heavy atom. The van der Waals surface area contributed by atoms with Crippen LogP contribution < -0.4 is 5.73 Å². The molecule has 0 atom stereocenters. The summed E-state index contributed by atoms with van der Waals surface area (Å²) in [5.41, 5.74) is 8.70. The van der Waals surface area contributed by atoms with Crippen LogP contribution in [-0.4, -0.2) is 9.97 Å². The number of rotatable bonds is 2. The van der Waals surface area contributed by atoms with Crippen molar-refractivity contribution in [2.45, 2.75) is 13.5 Å². The summed E-state index contributed by atoms with van der Waals surface area (Å²) in [7, 11) is 0. The maximum absolute atomic E-state index is 13.1. The molecule has 0 bridgehead atoms. The van der Waals surface area contributed by atoms with E-state index in [-0.39, 0.29) is 5.82 Å². The molecule has 2 aromatic rings. The van der Waals surface area contributed by atoms with Crippen LogP contribution in [0.3, 0.4) is 0 Å². The lowest BCUT2D eigenvalue weighted by Crippen LogP contribution is -1.98. The molecule has 2 rings (SSSR count). The van der Waals surface area contributed by atoms with Crippen LogP contribution in [0.15, 0.2) is 24.5 Å². The van der Waals surface area contributed by atoms with Gasteiger partial charge < -0.3 is 10.7 Å². The number of nitrogens with two attached hydrogens (primary N) is 1. The predicted octanol–water partition coefficient (Wildman–Crippen LogP) is 1.98. The first-order chi connectivity index (χ1) is 7.22. The topological polar surface area (TPSA) is 54.7 Å². The number of H-pyrrole nitrogens is 1. The fourth-order valence-corrected chi connectivity index (χ4v) is 1.52. The normalized spacial score (nSPS) is 10.6. The Balaban J connectivity index is 2.50. The van der Waals surface area contributed by atoms with Gasteiger partial charge in [-0.05, 0) is 30.7 Å². The number of hydrogen-bond donors (Lipinski definition) is 2. The SMILES string of the molecule is Cc1cc(-c2nc[nH]c2CN)ccc1F. The summed E-state index contributed by atoms with van der Waals surface area (Å²) < 4.78 is 13.1. The summed E-state index contributed by atoms with van der Waals surface area (Å²) in [5, 5.41) is 0. The van der Waals surface area contributed by atoms with Crippen molar-refractivity contribution >= 4 is 0 Å². The van der Waals surface area contributed by atoms with Gasteiger partial charge in [0.15, 0.2) is 0 Å². The molecule has 0 saturated heterocycles. The number of halogens is 1. The van der Waals surface area contributed by atoms with Crippen molar-refractivity contribution in [1.82, 2.24) is 9.97 Å². The van der Waals surface area contributed by atoms with Gasteiger partial charge >= 0.3 is 0 Å². The fraction of sp³-hybridized carbons (Fsp3) is 0.182. The molecule has 4 heteroatoms. The highest BCUT2D eigenvalue weighted by molar-refractivity contribution is 5.62. The van der Waals surface area contributed by atoms with Crippen LogP contribution in [0.25, 0.3) is 11.3 Å². The first-order valence-corrected chi connectivity index (χ1v) is 4.71. The number of hydrogen-bond acceptors (Lipinski definition) is 2. The van der Waals surface area contributed by atoms with Crippen LogP contribution in [-0.2, 0) is 6.54 Å². The summed E-state index contributed by atoms with van der Waals surface area (Å²) in [6.45, 7) is 2.12. The second-order valence-corrected chi connectivity index (χ2v) is 3.40. The minimum absolute atomic E-state index is 0.205. The van der Waals surface area contributed by atoms with E-state index in [0.29, 0.717) is 12.1 Å². The number of nitrogens with zero attached hydrogens (tertiary/aromatic N) is 1. The Morgan fingerprint density at radius 3 is 2.93 bits per heavy atom. The zero-order valence-electron chi connectivity index (χ0n) is 8.42. The molecule has 0 radical (unpaired) electrons. The number of aromatic amines is 1. The van der Waals surface area contributed by atoms with E-state index in [1.54, 1.807) is 25.4 Å². The van der Waals surface area contributed by atoms with Crippen LogP contribution in [0.1, 0.15) is 11.3 Å². The van der Waals surface area contributed by atoms with E-state index in [9.17, 15) is 4.39 Å². The number of benzene rings is 1.